The van der Waals surface area contributed by atoms with Crippen LogP contribution in [-0.4, -0.2) is 6.26 Å². The lowest BCUT2D eigenvalue weighted by Crippen LogP contribution is -1.86. The standard InChI is InChI=1S/C11H13ClS/c1-4-8-6-9(5-2)11(13-3)10(12)7-8/h5-7H,2,4H2,1,3H3. The first-order valence-electron chi connectivity index (χ1n) is 4.21. The number of hydrogen-bond donors (Lipinski definition) is 0. The van der Waals surface area contributed by atoms with Gasteiger partial charge in [-0.05, 0) is 29.9 Å². The molecule has 1 aromatic carbocycles. The number of thioether (sulfide) groups is 1. The smallest absolute Gasteiger partial charge is 0.0550 e. The van der Waals surface area contributed by atoms with Crippen molar-refractivity contribution in [3.05, 3.63) is 34.9 Å². The fourth-order valence-corrected chi connectivity index (χ4v) is 2.36. The monoisotopic (exact) mass is 212 g/mol. The van der Waals surface area contributed by atoms with Crippen LogP contribution in [0.5, 0.6) is 0 Å². The van der Waals surface area contributed by atoms with Crippen molar-refractivity contribution in [3.63, 3.8) is 0 Å². The molecule has 0 fully saturated rings. The van der Waals surface area contributed by atoms with Gasteiger partial charge in [-0.3, -0.25) is 0 Å². The summed E-state index contributed by atoms with van der Waals surface area (Å²) in [6.45, 7) is 5.91. The fraction of sp³-hybridized carbons (Fsp3) is 0.273. The first kappa shape index (κ1) is 10.7. The predicted molar refractivity (Wildman–Crippen MR) is 62.7 cm³/mol. The number of aryl methyl sites for hydroxylation is 1. The van der Waals surface area contributed by atoms with Gasteiger partial charge in [0, 0.05) is 4.90 Å². The van der Waals surface area contributed by atoms with E-state index in [2.05, 4.69) is 19.6 Å². The van der Waals surface area contributed by atoms with Crippen LogP contribution in [-0.2, 0) is 6.42 Å². The van der Waals surface area contributed by atoms with Crippen LogP contribution in [0.1, 0.15) is 18.1 Å². The number of halogens is 1. The van der Waals surface area contributed by atoms with E-state index in [1.165, 1.54) is 5.56 Å². The van der Waals surface area contributed by atoms with Gasteiger partial charge in [0.15, 0.2) is 0 Å². The molecule has 0 aliphatic carbocycles. The van der Waals surface area contributed by atoms with Gasteiger partial charge < -0.3 is 0 Å². The zero-order valence-electron chi connectivity index (χ0n) is 7.93. The van der Waals surface area contributed by atoms with Gasteiger partial charge in [0.05, 0.1) is 5.02 Å². The van der Waals surface area contributed by atoms with Gasteiger partial charge in [0.25, 0.3) is 0 Å². The second kappa shape index (κ2) is 4.73. The van der Waals surface area contributed by atoms with E-state index in [-0.39, 0.29) is 0 Å². The molecular formula is C11H13ClS. The van der Waals surface area contributed by atoms with Gasteiger partial charge in [-0.15, -0.1) is 11.8 Å². The summed E-state index contributed by atoms with van der Waals surface area (Å²) in [5.74, 6) is 0. The molecule has 0 unspecified atom stereocenters. The summed E-state index contributed by atoms with van der Waals surface area (Å²) in [7, 11) is 0. The minimum Gasteiger partial charge on any atom is -0.127 e. The van der Waals surface area contributed by atoms with E-state index in [1.54, 1.807) is 11.8 Å². The summed E-state index contributed by atoms with van der Waals surface area (Å²) in [6.07, 6.45) is 4.89. The van der Waals surface area contributed by atoms with E-state index < -0.39 is 0 Å². The van der Waals surface area contributed by atoms with Crippen molar-refractivity contribution < 1.29 is 0 Å². The van der Waals surface area contributed by atoms with E-state index in [0.29, 0.717) is 0 Å². The molecule has 0 radical (unpaired) electrons. The van der Waals surface area contributed by atoms with Crippen LogP contribution in [0.2, 0.25) is 5.02 Å². The topological polar surface area (TPSA) is 0 Å². The average Bonchev–Trinajstić information content (AvgIpc) is 2.16. The zero-order chi connectivity index (χ0) is 9.84. The Morgan fingerprint density at radius 2 is 2.23 bits per heavy atom. The van der Waals surface area contributed by atoms with Crippen LogP contribution >= 0.6 is 23.4 Å². The summed E-state index contributed by atoms with van der Waals surface area (Å²) in [5.41, 5.74) is 2.40. The molecule has 0 aromatic heterocycles. The summed E-state index contributed by atoms with van der Waals surface area (Å²) in [5, 5.41) is 0.835. The molecule has 0 aliphatic heterocycles. The third-order valence-electron chi connectivity index (χ3n) is 1.96. The Morgan fingerprint density at radius 1 is 1.54 bits per heavy atom. The van der Waals surface area contributed by atoms with Gasteiger partial charge >= 0.3 is 0 Å². The Morgan fingerprint density at radius 3 is 2.69 bits per heavy atom. The van der Waals surface area contributed by atoms with Crippen molar-refractivity contribution in [2.45, 2.75) is 18.2 Å². The molecule has 1 rings (SSSR count). The quantitative estimate of drug-likeness (QED) is 0.675. The maximum Gasteiger partial charge on any atom is 0.0550 e. The largest absolute Gasteiger partial charge is 0.127 e. The minimum atomic E-state index is 0.835. The van der Waals surface area contributed by atoms with Crippen molar-refractivity contribution in [2.75, 3.05) is 6.26 Å². The summed E-state index contributed by atoms with van der Waals surface area (Å²) in [6, 6.07) is 4.17. The van der Waals surface area contributed by atoms with Gasteiger partial charge in [0.1, 0.15) is 0 Å². The van der Waals surface area contributed by atoms with E-state index in [9.17, 15) is 0 Å². The highest BCUT2D eigenvalue weighted by molar-refractivity contribution is 7.98. The third kappa shape index (κ3) is 2.29. The summed E-state index contributed by atoms with van der Waals surface area (Å²) < 4.78 is 0. The van der Waals surface area contributed by atoms with Crippen LogP contribution in [0.3, 0.4) is 0 Å². The molecule has 0 nitrogen and oxygen atoms in total. The molecule has 2 heteroatoms. The van der Waals surface area contributed by atoms with E-state index in [0.717, 1.165) is 21.9 Å². The van der Waals surface area contributed by atoms with Crippen LogP contribution in [0.4, 0.5) is 0 Å². The molecular weight excluding hydrogens is 200 g/mol. The highest BCUT2D eigenvalue weighted by Gasteiger charge is 2.05. The molecule has 0 heterocycles. The van der Waals surface area contributed by atoms with Gasteiger partial charge in [-0.1, -0.05) is 37.2 Å². The molecule has 0 spiro atoms. The highest BCUT2D eigenvalue weighted by atomic mass is 35.5. The Bertz CT molecular complexity index is 318. The van der Waals surface area contributed by atoms with Crippen LogP contribution in [0.15, 0.2) is 23.6 Å². The first-order chi connectivity index (χ1) is 6.22. The first-order valence-corrected chi connectivity index (χ1v) is 5.82. The second-order valence-electron chi connectivity index (χ2n) is 2.76. The third-order valence-corrected chi connectivity index (χ3v) is 3.24. The second-order valence-corrected chi connectivity index (χ2v) is 3.98. The number of rotatable bonds is 3. The van der Waals surface area contributed by atoms with Gasteiger partial charge in [-0.2, -0.15) is 0 Å². The molecule has 70 valence electrons. The molecule has 1 aromatic rings. The van der Waals surface area contributed by atoms with Crippen LogP contribution in [0, 0.1) is 0 Å². The lowest BCUT2D eigenvalue weighted by Gasteiger charge is -2.07. The van der Waals surface area contributed by atoms with Gasteiger partial charge in [0.2, 0.25) is 0 Å². The predicted octanol–water partition coefficient (Wildman–Crippen LogP) is 4.27. The van der Waals surface area contributed by atoms with E-state index >= 15 is 0 Å². The van der Waals surface area contributed by atoms with Crippen molar-refractivity contribution in [3.8, 4) is 0 Å². The maximum absolute atomic E-state index is 6.12. The molecule has 0 amide bonds. The zero-order valence-corrected chi connectivity index (χ0v) is 9.50. The Hall–Kier alpha value is -0.400. The van der Waals surface area contributed by atoms with Gasteiger partial charge in [-0.25, -0.2) is 0 Å². The van der Waals surface area contributed by atoms with Crippen LogP contribution < -0.4 is 0 Å². The van der Waals surface area contributed by atoms with E-state index in [1.807, 2.05) is 18.4 Å². The van der Waals surface area contributed by atoms with Crippen molar-refractivity contribution in [1.82, 2.24) is 0 Å². The molecule has 0 bridgehead atoms. The lowest BCUT2D eigenvalue weighted by atomic mass is 10.1. The van der Waals surface area contributed by atoms with Crippen molar-refractivity contribution in [2.24, 2.45) is 0 Å². The normalized spacial score (nSPS) is 10.1. The molecule has 0 atom stereocenters. The molecule has 0 aliphatic rings. The van der Waals surface area contributed by atoms with Crippen LogP contribution in [0.25, 0.3) is 6.08 Å². The highest BCUT2D eigenvalue weighted by Crippen LogP contribution is 2.31. The maximum atomic E-state index is 6.12. The molecule has 0 saturated carbocycles. The minimum absolute atomic E-state index is 0.835. The Labute approximate surface area is 89.0 Å². The molecule has 0 N–H and O–H groups in total. The average molecular weight is 213 g/mol. The SMILES string of the molecule is C=Cc1cc(CC)cc(Cl)c1SC. The van der Waals surface area contributed by atoms with Crippen molar-refractivity contribution in [1.29, 1.82) is 0 Å². The number of hydrogen-bond acceptors (Lipinski definition) is 1. The Kier molecular flexibility index (Phi) is 3.89. The Balaban J connectivity index is 3.28. The molecule has 13 heavy (non-hydrogen) atoms. The van der Waals surface area contributed by atoms with Crippen molar-refractivity contribution >= 4 is 29.4 Å². The number of benzene rings is 1. The summed E-state index contributed by atoms with van der Waals surface area (Å²) >= 11 is 7.79. The fourth-order valence-electron chi connectivity index (χ4n) is 1.24. The summed E-state index contributed by atoms with van der Waals surface area (Å²) in [4.78, 5) is 1.12. The van der Waals surface area contributed by atoms with E-state index in [4.69, 9.17) is 11.6 Å². The molecule has 0 saturated heterocycles. The lowest BCUT2D eigenvalue weighted by molar-refractivity contribution is 1.13.